The van der Waals surface area contributed by atoms with Gasteiger partial charge in [0.25, 0.3) is 5.91 Å². The van der Waals surface area contributed by atoms with Crippen LogP contribution in [0.15, 0.2) is 66.7 Å². The maximum Gasteiger partial charge on any atom is 0.254 e. The minimum absolute atomic E-state index is 0.128. The summed E-state index contributed by atoms with van der Waals surface area (Å²) in [5, 5.41) is 2.14. The lowest BCUT2D eigenvalue weighted by atomic mass is 10.0. The Bertz CT molecular complexity index is 1090. The van der Waals surface area contributed by atoms with Gasteiger partial charge in [-0.3, -0.25) is 4.79 Å². The summed E-state index contributed by atoms with van der Waals surface area (Å²) < 4.78 is 5.97. The van der Waals surface area contributed by atoms with Crippen molar-refractivity contribution in [2.75, 3.05) is 68.8 Å². The van der Waals surface area contributed by atoms with E-state index in [0.717, 1.165) is 67.8 Å². The van der Waals surface area contributed by atoms with Crippen molar-refractivity contribution in [3.63, 3.8) is 0 Å². The quantitative estimate of drug-likeness (QED) is 0.466. The topological polar surface area (TPSA) is 36.0 Å². The largest absolute Gasteiger partial charge is 0.494 e. The van der Waals surface area contributed by atoms with Gasteiger partial charge in [-0.05, 0) is 47.5 Å². The molecule has 0 aromatic heterocycles. The van der Waals surface area contributed by atoms with Crippen LogP contribution in [0.4, 0.5) is 5.69 Å². The first kappa shape index (κ1) is 23.1. The first-order valence-electron chi connectivity index (χ1n) is 12.3. The molecule has 0 saturated carbocycles. The van der Waals surface area contributed by atoms with Crippen molar-refractivity contribution < 1.29 is 9.53 Å². The van der Waals surface area contributed by atoms with Gasteiger partial charge in [-0.2, -0.15) is 11.8 Å². The zero-order valence-corrected chi connectivity index (χ0v) is 20.5. The highest BCUT2D eigenvalue weighted by Gasteiger charge is 2.23. The molecule has 0 aliphatic carbocycles. The number of carbonyl (C=O) groups excluding carboxylic acids is 1. The molecule has 0 radical (unpaired) electrons. The van der Waals surface area contributed by atoms with Crippen molar-refractivity contribution in [1.82, 2.24) is 9.80 Å². The van der Waals surface area contributed by atoms with Gasteiger partial charge in [0.15, 0.2) is 0 Å². The van der Waals surface area contributed by atoms with Gasteiger partial charge in [0.1, 0.15) is 5.75 Å². The fourth-order valence-electron chi connectivity index (χ4n) is 4.81. The van der Waals surface area contributed by atoms with Gasteiger partial charge in [0, 0.05) is 68.6 Å². The van der Waals surface area contributed by atoms with Gasteiger partial charge in [0.05, 0.1) is 6.61 Å². The Morgan fingerprint density at radius 1 is 0.824 bits per heavy atom. The molecule has 0 N–H and O–H groups in total. The smallest absolute Gasteiger partial charge is 0.254 e. The number of benzene rings is 3. The van der Waals surface area contributed by atoms with Crippen molar-refractivity contribution in [1.29, 1.82) is 0 Å². The Labute approximate surface area is 206 Å². The number of hydrogen-bond donors (Lipinski definition) is 0. The Balaban J connectivity index is 1.10. The van der Waals surface area contributed by atoms with Crippen LogP contribution in [0.1, 0.15) is 16.8 Å². The van der Waals surface area contributed by atoms with Gasteiger partial charge < -0.3 is 19.4 Å². The molecule has 3 aromatic rings. The molecule has 0 atom stereocenters. The third-order valence-electron chi connectivity index (χ3n) is 6.78. The molecule has 0 unspecified atom stereocenters. The van der Waals surface area contributed by atoms with Crippen LogP contribution in [0.5, 0.6) is 5.75 Å². The summed E-state index contributed by atoms with van der Waals surface area (Å²) in [6.07, 6.45) is 1.07. The molecule has 5 nitrogen and oxygen atoms in total. The van der Waals surface area contributed by atoms with E-state index in [4.69, 9.17) is 4.74 Å². The summed E-state index contributed by atoms with van der Waals surface area (Å²) in [5.41, 5.74) is 1.99. The third kappa shape index (κ3) is 5.50. The van der Waals surface area contributed by atoms with Crippen LogP contribution in [0.2, 0.25) is 0 Å². The molecule has 0 bridgehead atoms. The molecule has 6 heteroatoms. The van der Waals surface area contributed by atoms with Crippen molar-refractivity contribution in [2.45, 2.75) is 6.42 Å². The van der Waals surface area contributed by atoms with Crippen molar-refractivity contribution in [3.8, 4) is 5.75 Å². The lowest BCUT2D eigenvalue weighted by molar-refractivity contribution is 0.0749. The minimum Gasteiger partial charge on any atom is -0.494 e. The van der Waals surface area contributed by atoms with Gasteiger partial charge in [-0.1, -0.05) is 36.4 Å². The lowest BCUT2D eigenvalue weighted by Crippen LogP contribution is -2.48. The van der Waals surface area contributed by atoms with Gasteiger partial charge in [0.2, 0.25) is 0 Å². The van der Waals surface area contributed by atoms with E-state index < -0.39 is 0 Å². The van der Waals surface area contributed by atoms with Crippen molar-refractivity contribution in [3.05, 3.63) is 72.3 Å². The number of fused-ring (bicyclic) bond motifs is 1. The number of thioether (sulfide) groups is 1. The van der Waals surface area contributed by atoms with Crippen LogP contribution in [-0.2, 0) is 0 Å². The summed E-state index contributed by atoms with van der Waals surface area (Å²) >= 11 is 2.05. The van der Waals surface area contributed by atoms with Gasteiger partial charge in [-0.25, -0.2) is 0 Å². The first-order valence-corrected chi connectivity index (χ1v) is 13.5. The number of anilines is 1. The second kappa shape index (κ2) is 11.2. The highest BCUT2D eigenvalue weighted by Crippen LogP contribution is 2.24. The zero-order valence-electron chi connectivity index (χ0n) is 19.7. The molecule has 2 heterocycles. The van der Waals surface area contributed by atoms with Crippen LogP contribution >= 0.6 is 11.8 Å². The van der Waals surface area contributed by atoms with Crippen LogP contribution in [-0.4, -0.2) is 79.6 Å². The second-order valence-electron chi connectivity index (χ2n) is 8.96. The van der Waals surface area contributed by atoms with E-state index in [1.165, 1.54) is 30.3 Å². The molecule has 0 spiro atoms. The monoisotopic (exact) mass is 475 g/mol. The summed E-state index contributed by atoms with van der Waals surface area (Å²) in [6.45, 7) is 7.44. The second-order valence-corrected chi connectivity index (χ2v) is 10.2. The van der Waals surface area contributed by atoms with E-state index in [1.54, 1.807) is 0 Å². The number of piperazine rings is 1. The molecule has 2 aliphatic heterocycles. The summed E-state index contributed by atoms with van der Waals surface area (Å²) in [5.74, 6) is 3.58. The molecular weight excluding hydrogens is 442 g/mol. The van der Waals surface area contributed by atoms with Gasteiger partial charge >= 0.3 is 0 Å². The molecule has 178 valence electrons. The van der Waals surface area contributed by atoms with Crippen LogP contribution in [0.25, 0.3) is 10.8 Å². The van der Waals surface area contributed by atoms with E-state index in [0.29, 0.717) is 0 Å². The average Bonchev–Trinajstić information content (AvgIpc) is 2.91. The number of carbonyl (C=O) groups is 1. The fraction of sp³-hybridized carbons (Fsp3) is 0.393. The molecule has 2 aliphatic rings. The summed E-state index contributed by atoms with van der Waals surface area (Å²) in [6, 6.07) is 22.5. The molecule has 3 aromatic carbocycles. The third-order valence-corrected chi connectivity index (χ3v) is 7.72. The Morgan fingerprint density at radius 2 is 1.56 bits per heavy atom. The van der Waals surface area contributed by atoms with Crippen LogP contribution < -0.4 is 9.64 Å². The maximum atomic E-state index is 13.2. The highest BCUT2D eigenvalue weighted by molar-refractivity contribution is 7.99. The number of amides is 1. The Morgan fingerprint density at radius 3 is 2.35 bits per heavy atom. The molecule has 1 amide bonds. The van der Waals surface area contributed by atoms with Crippen LogP contribution in [0, 0.1) is 0 Å². The Hall–Kier alpha value is -2.70. The Kier molecular flexibility index (Phi) is 7.56. The predicted molar refractivity (Wildman–Crippen MR) is 142 cm³/mol. The normalized spacial score (nSPS) is 17.2. The SMILES string of the molecule is O=C(c1cccc2ccccc12)N1CCN(c2ccc(OCCCN3CCSCC3)cc2)CC1. The summed E-state index contributed by atoms with van der Waals surface area (Å²) in [4.78, 5) is 20.1. The van der Waals surface area contributed by atoms with E-state index in [1.807, 2.05) is 35.2 Å². The van der Waals surface area contributed by atoms with E-state index >= 15 is 0 Å². The maximum absolute atomic E-state index is 13.2. The predicted octanol–water partition coefficient (Wildman–Crippen LogP) is 4.62. The zero-order chi connectivity index (χ0) is 23.2. The number of ether oxygens (including phenoxy) is 1. The lowest BCUT2D eigenvalue weighted by Gasteiger charge is -2.36. The average molecular weight is 476 g/mol. The first-order chi connectivity index (χ1) is 16.8. The molecule has 5 rings (SSSR count). The molecule has 2 fully saturated rings. The van der Waals surface area contributed by atoms with Crippen molar-refractivity contribution >= 4 is 34.1 Å². The van der Waals surface area contributed by atoms with Gasteiger partial charge in [-0.15, -0.1) is 0 Å². The minimum atomic E-state index is 0.128. The van der Waals surface area contributed by atoms with E-state index in [9.17, 15) is 4.79 Å². The van der Waals surface area contributed by atoms with Crippen LogP contribution in [0.3, 0.4) is 0 Å². The number of nitrogens with zero attached hydrogens (tertiary/aromatic N) is 3. The highest BCUT2D eigenvalue weighted by atomic mass is 32.2. The van der Waals surface area contributed by atoms with Crippen molar-refractivity contribution in [2.24, 2.45) is 0 Å². The molecular formula is C28H33N3O2S. The van der Waals surface area contributed by atoms with E-state index in [2.05, 4.69) is 58.0 Å². The number of rotatable bonds is 7. The standard InChI is InChI=1S/C28H33N3O2S/c32-28(27-8-3-6-23-5-1-2-7-26(23)27)31-16-14-30(15-17-31)24-9-11-25(12-10-24)33-20-4-13-29-18-21-34-22-19-29/h1-3,5-12H,4,13-22H2. The molecule has 34 heavy (non-hydrogen) atoms. The molecule has 2 saturated heterocycles. The summed E-state index contributed by atoms with van der Waals surface area (Å²) in [7, 11) is 0. The fourth-order valence-corrected chi connectivity index (χ4v) is 5.78. The number of hydrogen-bond acceptors (Lipinski definition) is 5. The van der Waals surface area contributed by atoms with E-state index in [-0.39, 0.29) is 5.91 Å².